The fourth-order valence-electron chi connectivity index (χ4n) is 3.95. The van der Waals surface area contributed by atoms with Crippen molar-refractivity contribution in [1.29, 1.82) is 0 Å². The van der Waals surface area contributed by atoms with Gasteiger partial charge in [-0.15, -0.1) is 0 Å². The molecule has 2 aromatic rings. The number of carbonyl (C=O) groups excluding carboxylic acids is 2. The number of nitrogens with zero attached hydrogens (tertiary/aromatic N) is 2. The van der Waals surface area contributed by atoms with Gasteiger partial charge in [-0.05, 0) is 48.2 Å². The Bertz CT molecular complexity index is 970. The number of alkyl halides is 3. The molecule has 0 N–H and O–H groups in total. The number of rotatable bonds is 6. The molecule has 4 rings (SSSR count). The molecule has 164 valence electrons. The summed E-state index contributed by atoms with van der Waals surface area (Å²) in [5.74, 6) is -1.25. The van der Waals surface area contributed by atoms with Crippen LogP contribution in [0.4, 0.5) is 17.6 Å². The van der Waals surface area contributed by atoms with Crippen LogP contribution in [-0.4, -0.2) is 34.2 Å². The van der Waals surface area contributed by atoms with E-state index in [1.54, 1.807) is 23.1 Å². The zero-order valence-electron chi connectivity index (χ0n) is 16.7. The molecule has 1 saturated carbocycles. The van der Waals surface area contributed by atoms with Crippen molar-refractivity contribution >= 4 is 11.8 Å². The third-order valence-corrected chi connectivity index (χ3v) is 5.73. The molecule has 1 heterocycles. The monoisotopic (exact) mass is 434 g/mol. The second-order valence-electron chi connectivity index (χ2n) is 8.20. The van der Waals surface area contributed by atoms with Gasteiger partial charge in [0.25, 0.3) is 0 Å². The molecule has 0 aromatic heterocycles. The predicted octanol–water partition coefficient (Wildman–Crippen LogP) is 4.38. The van der Waals surface area contributed by atoms with Gasteiger partial charge in [-0.25, -0.2) is 4.39 Å². The van der Waals surface area contributed by atoms with Crippen molar-refractivity contribution in [3.8, 4) is 0 Å². The molecule has 2 aliphatic rings. The first-order valence-corrected chi connectivity index (χ1v) is 10.2. The summed E-state index contributed by atoms with van der Waals surface area (Å²) in [6.45, 7) is 0.566. The van der Waals surface area contributed by atoms with Crippen molar-refractivity contribution in [3.63, 3.8) is 0 Å². The van der Waals surface area contributed by atoms with E-state index in [2.05, 4.69) is 0 Å². The molecule has 1 aliphatic heterocycles. The molecule has 1 unspecified atom stereocenters. The molecular weight excluding hydrogens is 412 g/mol. The van der Waals surface area contributed by atoms with Crippen LogP contribution in [0, 0.1) is 11.7 Å². The van der Waals surface area contributed by atoms with Gasteiger partial charge in [-0.3, -0.25) is 9.59 Å². The van der Waals surface area contributed by atoms with Crippen molar-refractivity contribution in [1.82, 2.24) is 9.80 Å². The van der Waals surface area contributed by atoms with Crippen molar-refractivity contribution < 1.29 is 27.2 Å². The quantitative estimate of drug-likeness (QED) is 0.633. The van der Waals surface area contributed by atoms with Gasteiger partial charge in [0.05, 0.1) is 11.5 Å². The maximum Gasteiger partial charge on any atom is 0.416 e. The lowest BCUT2D eigenvalue weighted by Gasteiger charge is -2.26. The van der Waals surface area contributed by atoms with E-state index in [9.17, 15) is 27.2 Å². The van der Waals surface area contributed by atoms with Crippen LogP contribution in [-0.2, 0) is 28.9 Å². The molecule has 2 fully saturated rings. The van der Waals surface area contributed by atoms with E-state index in [0.29, 0.717) is 12.1 Å². The molecule has 0 bridgehead atoms. The minimum atomic E-state index is -4.45. The zero-order valence-corrected chi connectivity index (χ0v) is 16.7. The maximum atomic E-state index is 13.2. The molecule has 0 spiro atoms. The molecule has 2 amide bonds. The number of benzene rings is 2. The number of hydrogen-bond donors (Lipinski definition) is 0. The fraction of sp³-hybridized carbons (Fsp3) is 0.391. The zero-order chi connectivity index (χ0) is 22.2. The van der Waals surface area contributed by atoms with Crippen LogP contribution in [0.3, 0.4) is 0 Å². The minimum absolute atomic E-state index is 0.0356. The molecule has 4 nitrogen and oxygen atoms in total. The number of halogens is 4. The summed E-state index contributed by atoms with van der Waals surface area (Å²) in [4.78, 5) is 28.8. The molecule has 1 atom stereocenters. The van der Waals surface area contributed by atoms with E-state index in [1.165, 1.54) is 23.1 Å². The van der Waals surface area contributed by atoms with Gasteiger partial charge in [0.2, 0.25) is 11.8 Å². The molecule has 0 radical (unpaired) electrons. The van der Waals surface area contributed by atoms with Crippen molar-refractivity contribution in [2.45, 2.75) is 44.6 Å². The summed E-state index contributed by atoms with van der Waals surface area (Å²) in [5, 5.41) is 0. The molecule has 8 heteroatoms. The van der Waals surface area contributed by atoms with Crippen LogP contribution in [0.1, 0.15) is 36.0 Å². The summed E-state index contributed by atoms with van der Waals surface area (Å²) in [6.07, 6.45) is -2.62. The Morgan fingerprint density at radius 3 is 2.42 bits per heavy atom. The van der Waals surface area contributed by atoms with Crippen LogP contribution in [0.15, 0.2) is 48.5 Å². The highest BCUT2D eigenvalue weighted by Crippen LogP contribution is 2.33. The smallest absolute Gasteiger partial charge is 0.338 e. The molecule has 2 aromatic carbocycles. The van der Waals surface area contributed by atoms with Crippen molar-refractivity contribution in [2.75, 3.05) is 6.54 Å². The highest BCUT2D eigenvalue weighted by molar-refractivity contribution is 5.89. The van der Waals surface area contributed by atoms with E-state index in [0.717, 1.165) is 30.5 Å². The Labute approximate surface area is 177 Å². The van der Waals surface area contributed by atoms with Crippen molar-refractivity contribution in [2.24, 2.45) is 5.92 Å². The standard InChI is InChI=1S/C23H22F4N2O2/c24-19-6-4-15(5-7-19)13-29(20-8-9-20)22(31)17-11-21(30)28(14-17)12-16-2-1-3-18(10-16)23(25,26)27/h1-7,10,17,20H,8-9,11-14H2. The largest absolute Gasteiger partial charge is 0.416 e. The van der Waals surface area contributed by atoms with Gasteiger partial charge in [-0.2, -0.15) is 13.2 Å². The second-order valence-corrected chi connectivity index (χ2v) is 8.20. The summed E-state index contributed by atoms with van der Waals surface area (Å²) >= 11 is 0. The average Bonchev–Trinajstić information content (AvgIpc) is 3.50. The summed E-state index contributed by atoms with van der Waals surface area (Å²) in [6, 6.07) is 11.0. The first kappa shape index (κ1) is 21.3. The second kappa shape index (κ2) is 8.32. The fourth-order valence-corrected chi connectivity index (χ4v) is 3.95. The Balaban J connectivity index is 1.43. The molecule has 1 aliphatic carbocycles. The highest BCUT2D eigenvalue weighted by Gasteiger charge is 2.41. The first-order chi connectivity index (χ1) is 14.7. The lowest BCUT2D eigenvalue weighted by molar-refractivity contribution is -0.138. The van der Waals surface area contributed by atoms with Gasteiger partial charge in [-0.1, -0.05) is 24.3 Å². The lowest BCUT2D eigenvalue weighted by atomic mass is 10.1. The topological polar surface area (TPSA) is 40.6 Å². The van der Waals surface area contributed by atoms with Crippen molar-refractivity contribution in [3.05, 3.63) is 71.0 Å². The van der Waals surface area contributed by atoms with Gasteiger partial charge in [0, 0.05) is 32.1 Å². The summed E-state index contributed by atoms with van der Waals surface area (Å²) in [5.41, 5.74) is 0.428. The number of carbonyl (C=O) groups is 2. The van der Waals surface area contributed by atoms with Crippen LogP contribution in [0.2, 0.25) is 0 Å². The minimum Gasteiger partial charge on any atom is -0.338 e. The van der Waals surface area contributed by atoms with Gasteiger partial charge >= 0.3 is 6.18 Å². The Morgan fingerprint density at radius 2 is 1.77 bits per heavy atom. The molecular formula is C23H22F4N2O2. The predicted molar refractivity (Wildman–Crippen MR) is 105 cm³/mol. The molecule has 31 heavy (non-hydrogen) atoms. The summed E-state index contributed by atoms with van der Waals surface area (Å²) in [7, 11) is 0. The van der Waals surface area contributed by atoms with Gasteiger partial charge in [0.1, 0.15) is 5.82 Å². The van der Waals surface area contributed by atoms with Gasteiger partial charge in [0.15, 0.2) is 0 Å². The highest BCUT2D eigenvalue weighted by atomic mass is 19.4. The van der Waals surface area contributed by atoms with E-state index >= 15 is 0 Å². The van der Waals surface area contributed by atoms with Gasteiger partial charge < -0.3 is 9.80 Å². The van der Waals surface area contributed by atoms with Crippen LogP contribution in [0.5, 0.6) is 0 Å². The number of hydrogen-bond acceptors (Lipinski definition) is 2. The van der Waals surface area contributed by atoms with E-state index < -0.39 is 17.7 Å². The SMILES string of the molecule is O=C1CC(C(=O)N(Cc2ccc(F)cc2)C2CC2)CN1Cc1cccc(C(F)(F)F)c1. The van der Waals surface area contributed by atoms with E-state index in [1.807, 2.05) is 0 Å². The third-order valence-electron chi connectivity index (χ3n) is 5.73. The number of amides is 2. The lowest BCUT2D eigenvalue weighted by Crippen LogP contribution is -2.38. The van der Waals surface area contributed by atoms with Crippen LogP contribution < -0.4 is 0 Å². The Hall–Kier alpha value is -2.90. The Morgan fingerprint density at radius 1 is 1.06 bits per heavy atom. The summed E-state index contributed by atoms with van der Waals surface area (Å²) < 4.78 is 52.0. The third kappa shape index (κ3) is 5.06. The van der Waals surface area contributed by atoms with Crippen LogP contribution >= 0.6 is 0 Å². The first-order valence-electron chi connectivity index (χ1n) is 10.2. The van der Waals surface area contributed by atoms with E-state index in [-0.39, 0.29) is 43.2 Å². The maximum absolute atomic E-state index is 13.2. The van der Waals surface area contributed by atoms with E-state index in [4.69, 9.17) is 0 Å². The van der Waals surface area contributed by atoms with Crippen LogP contribution in [0.25, 0.3) is 0 Å². The average molecular weight is 434 g/mol. The number of likely N-dealkylation sites (tertiary alicyclic amines) is 1. The normalized spacial score (nSPS) is 19.0. The Kier molecular flexibility index (Phi) is 5.73. The molecule has 1 saturated heterocycles.